The van der Waals surface area contributed by atoms with Crippen molar-refractivity contribution in [2.24, 2.45) is 0 Å². The van der Waals surface area contributed by atoms with Crippen LogP contribution in [-0.4, -0.2) is 11.1 Å². The van der Waals surface area contributed by atoms with E-state index in [-0.39, 0.29) is 11.5 Å². The predicted molar refractivity (Wildman–Crippen MR) is 62.7 cm³/mol. The first-order valence-corrected chi connectivity index (χ1v) is 5.94. The fourth-order valence-electron chi connectivity index (χ4n) is 2.54. The van der Waals surface area contributed by atoms with Gasteiger partial charge in [-0.25, -0.2) is 9.59 Å². The van der Waals surface area contributed by atoms with E-state index < -0.39 is 11.6 Å². The van der Waals surface area contributed by atoms with Crippen molar-refractivity contribution >= 4 is 5.97 Å². The van der Waals surface area contributed by atoms with E-state index >= 15 is 0 Å². The molecule has 1 aliphatic carbocycles. The summed E-state index contributed by atoms with van der Waals surface area (Å²) in [6.07, 6.45) is 3.58. The molecule has 0 spiro atoms. The van der Waals surface area contributed by atoms with Crippen LogP contribution in [0.5, 0.6) is 0 Å². The number of carbonyl (C=O) groups is 1. The van der Waals surface area contributed by atoms with Crippen LogP contribution in [0.4, 0.5) is 0 Å². The van der Waals surface area contributed by atoms with E-state index in [1.54, 1.807) is 0 Å². The third kappa shape index (κ3) is 1.99. The Morgan fingerprint density at radius 3 is 2.53 bits per heavy atom. The Bertz CT molecular complexity index is 511. The molecule has 1 heterocycles. The molecule has 4 heteroatoms. The molecule has 0 saturated carbocycles. The molecule has 92 valence electrons. The highest BCUT2D eigenvalue weighted by molar-refractivity contribution is 5.89. The maximum atomic E-state index is 11.7. The average molecular weight is 236 g/mol. The lowest BCUT2D eigenvalue weighted by Crippen LogP contribution is -2.23. The monoisotopic (exact) mass is 236 g/mol. The molecular formula is C13H16O4. The molecule has 0 atom stereocenters. The van der Waals surface area contributed by atoms with Crippen molar-refractivity contribution in [3.05, 3.63) is 32.9 Å². The van der Waals surface area contributed by atoms with Gasteiger partial charge in [0.2, 0.25) is 0 Å². The lowest BCUT2D eigenvalue weighted by Gasteiger charge is -2.21. The van der Waals surface area contributed by atoms with Crippen LogP contribution in [0, 0.1) is 0 Å². The fraction of sp³-hybridized carbons (Fsp3) is 0.538. The number of aromatic carboxylic acids is 1. The number of hydrogen-bond acceptors (Lipinski definition) is 3. The van der Waals surface area contributed by atoms with Crippen molar-refractivity contribution in [2.45, 2.75) is 45.4 Å². The zero-order valence-electron chi connectivity index (χ0n) is 10.1. The molecule has 1 N–H and O–H groups in total. The van der Waals surface area contributed by atoms with Crippen molar-refractivity contribution < 1.29 is 14.3 Å². The quantitative estimate of drug-likeness (QED) is 0.855. The first kappa shape index (κ1) is 11.9. The molecule has 1 aromatic heterocycles. The van der Waals surface area contributed by atoms with Crippen LogP contribution in [-0.2, 0) is 12.8 Å². The number of hydrogen-bond donors (Lipinski definition) is 1. The topological polar surface area (TPSA) is 67.5 Å². The van der Waals surface area contributed by atoms with E-state index in [1.165, 1.54) is 0 Å². The molecular weight excluding hydrogens is 220 g/mol. The summed E-state index contributed by atoms with van der Waals surface area (Å²) in [7, 11) is 0. The largest absolute Gasteiger partial charge is 0.477 e. The number of carboxylic acids is 1. The zero-order chi connectivity index (χ0) is 12.6. The van der Waals surface area contributed by atoms with Crippen LogP contribution in [0.3, 0.4) is 0 Å². The van der Waals surface area contributed by atoms with Gasteiger partial charge in [0.25, 0.3) is 0 Å². The normalized spacial score (nSPS) is 14.8. The molecule has 0 aliphatic heterocycles. The van der Waals surface area contributed by atoms with Gasteiger partial charge < -0.3 is 9.52 Å². The van der Waals surface area contributed by atoms with E-state index in [1.807, 2.05) is 13.8 Å². The summed E-state index contributed by atoms with van der Waals surface area (Å²) in [6, 6.07) is 0. The van der Waals surface area contributed by atoms with Crippen molar-refractivity contribution in [3.8, 4) is 0 Å². The molecule has 0 amide bonds. The number of rotatable bonds is 2. The lowest BCUT2D eigenvalue weighted by atomic mass is 9.86. The number of aryl methyl sites for hydroxylation is 1. The first-order chi connectivity index (χ1) is 8.02. The molecule has 0 radical (unpaired) electrons. The second kappa shape index (κ2) is 4.35. The second-order valence-electron chi connectivity index (χ2n) is 4.75. The Hall–Kier alpha value is -1.58. The summed E-state index contributed by atoms with van der Waals surface area (Å²) in [6.45, 7) is 3.83. The molecule has 0 saturated heterocycles. The Labute approximate surface area is 99.3 Å². The summed E-state index contributed by atoms with van der Waals surface area (Å²) in [4.78, 5) is 22.9. The van der Waals surface area contributed by atoms with E-state index in [0.717, 1.165) is 31.2 Å². The summed E-state index contributed by atoms with van der Waals surface area (Å²) in [5, 5.41) is 9.14. The van der Waals surface area contributed by atoms with E-state index in [9.17, 15) is 9.59 Å². The Kier molecular flexibility index (Phi) is 3.05. The van der Waals surface area contributed by atoms with Crippen LogP contribution in [0.2, 0.25) is 0 Å². The highest BCUT2D eigenvalue weighted by atomic mass is 16.4. The Morgan fingerprint density at radius 2 is 1.94 bits per heavy atom. The molecule has 2 rings (SSSR count). The second-order valence-corrected chi connectivity index (χ2v) is 4.75. The van der Waals surface area contributed by atoms with Gasteiger partial charge in [-0.2, -0.15) is 0 Å². The van der Waals surface area contributed by atoms with Gasteiger partial charge in [-0.15, -0.1) is 0 Å². The Morgan fingerprint density at radius 1 is 1.29 bits per heavy atom. The van der Waals surface area contributed by atoms with Crippen molar-refractivity contribution in [2.75, 3.05) is 0 Å². The van der Waals surface area contributed by atoms with Gasteiger partial charge in [0.15, 0.2) is 0 Å². The molecule has 0 aromatic carbocycles. The number of fused-ring (bicyclic) bond motifs is 1. The highest BCUT2D eigenvalue weighted by Gasteiger charge is 2.26. The van der Waals surface area contributed by atoms with Gasteiger partial charge in [-0.3, -0.25) is 0 Å². The van der Waals surface area contributed by atoms with Gasteiger partial charge >= 0.3 is 11.6 Å². The summed E-state index contributed by atoms with van der Waals surface area (Å²) in [5.41, 5.74) is 0.731. The molecule has 1 aromatic rings. The summed E-state index contributed by atoms with van der Waals surface area (Å²) in [5.74, 6) is -0.470. The van der Waals surface area contributed by atoms with Crippen molar-refractivity contribution in [1.82, 2.24) is 0 Å². The molecule has 0 fully saturated rings. The minimum atomic E-state index is -1.18. The van der Waals surface area contributed by atoms with Crippen molar-refractivity contribution in [1.29, 1.82) is 0 Å². The highest BCUT2D eigenvalue weighted by Crippen LogP contribution is 2.30. The van der Waals surface area contributed by atoms with Crippen LogP contribution in [0.15, 0.2) is 9.21 Å². The maximum Gasteiger partial charge on any atom is 0.350 e. The van der Waals surface area contributed by atoms with Gasteiger partial charge in [0.1, 0.15) is 11.3 Å². The van der Waals surface area contributed by atoms with Gasteiger partial charge in [-0.1, -0.05) is 13.8 Å². The standard InChI is InChI=1S/C13H16O4/c1-7(2)10-8-5-3-4-6-9(8)17-13(16)11(10)12(14)15/h7H,3-6H2,1-2H3,(H,14,15). The predicted octanol–water partition coefficient (Wildman–Crippen LogP) is 2.34. The Balaban J connectivity index is 2.76. The smallest absolute Gasteiger partial charge is 0.350 e. The third-order valence-electron chi connectivity index (χ3n) is 3.22. The maximum absolute atomic E-state index is 11.7. The minimum absolute atomic E-state index is 0.0250. The summed E-state index contributed by atoms with van der Waals surface area (Å²) >= 11 is 0. The molecule has 0 bridgehead atoms. The minimum Gasteiger partial charge on any atom is -0.477 e. The van der Waals surface area contributed by atoms with Gasteiger partial charge in [0, 0.05) is 6.42 Å². The molecule has 4 nitrogen and oxygen atoms in total. The SMILES string of the molecule is CC(C)c1c2c(oc(=O)c1C(=O)O)CCCC2. The van der Waals surface area contributed by atoms with Gasteiger partial charge in [0.05, 0.1) is 0 Å². The summed E-state index contributed by atoms with van der Waals surface area (Å²) < 4.78 is 5.15. The van der Waals surface area contributed by atoms with E-state index in [2.05, 4.69) is 0 Å². The average Bonchev–Trinajstić information content (AvgIpc) is 2.26. The van der Waals surface area contributed by atoms with Crippen LogP contribution >= 0.6 is 0 Å². The van der Waals surface area contributed by atoms with E-state index in [4.69, 9.17) is 9.52 Å². The molecule has 17 heavy (non-hydrogen) atoms. The van der Waals surface area contributed by atoms with Crippen LogP contribution in [0.25, 0.3) is 0 Å². The first-order valence-electron chi connectivity index (χ1n) is 5.94. The zero-order valence-corrected chi connectivity index (χ0v) is 10.1. The third-order valence-corrected chi connectivity index (χ3v) is 3.22. The molecule has 0 unspecified atom stereocenters. The van der Waals surface area contributed by atoms with Crippen LogP contribution < -0.4 is 5.63 Å². The van der Waals surface area contributed by atoms with Gasteiger partial charge in [-0.05, 0) is 36.3 Å². The van der Waals surface area contributed by atoms with Crippen LogP contribution in [0.1, 0.15) is 59.9 Å². The lowest BCUT2D eigenvalue weighted by molar-refractivity contribution is 0.0689. The van der Waals surface area contributed by atoms with E-state index in [0.29, 0.717) is 11.3 Å². The molecule has 1 aliphatic rings. The van der Waals surface area contributed by atoms with Crippen molar-refractivity contribution in [3.63, 3.8) is 0 Å². The fourth-order valence-corrected chi connectivity index (χ4v) is 2.54. The number of carboxylic acid groups (broad SMARTS) is 1.